The summed E-state index contributed by atoms with van der Waals surface area (Å²) in [7, 11) is 2.18. The Balaban J connectivity index is 1.95. The van der Waals surface area contributed by atoms with Gasteiger partial charge in [0.15, 0.2) is 0 Å². The molecule has 1 aliphatic rings. The monoisotopic (exact) mass is 209 g/mol. The molecule has 1 aliphatic heterocycles. The third kappa shape index (κ3) is 2.58. The summed E-state index contributed by atoms with van der Waals surface area (Å²) in [6, 6.07) is 2.58. The number of likely N-dealkylation sites (tertiary alicyclic amines) is 1. The van der Waals surface area contributed by atoms with E-state index in [1.807, 2.05) is 6.07 Å². The minimum Gasteiger partial charge on any atom is -0.390 e. The first-order chi connectivity index (χ1) is 7.29. The fourth-order valence-electron chi connectivity index (χ4n) is 2.24. The Morgan fingerprint density at radius 3 is 3.13 bits per heavy atom. The second kappa shape index (κ2) is 4.77. The highest BCUT2D eigenvalue weighted by Crippen LogP contribution is 2.18. The van der Waals surface area contributed by atoms with E-state index in [1.165, 1.54) is 25.8 Å². The van der Waals surface area contributed by atoms with Crippen molar-refractivity contribution >= 4 is 0 Å². The summed E-state index contributed by atoms with van der Waals surface area (Å²) in [5, 5.41) is 16.0. The SMILES string of the molecule is CN1CCCCC1Cc1cc(CO)[nH]n1. The lowest BCUT2D eigenvalue weighted by Gasteiger charge is -2.31. The zero-order valence-corrected chi connectivity index (χ0v) is 9.24. The van der Waals surface area contributed by atoms with Crippen molar-refractivity contribution < 1.29 is 5.11 Å². The summed E-state index contributed by atoms with van der Waals surface area (Å²) in [5.41, 5.74) is 1.88. The van der Waals surface area contributed by atoms with Crippen LogP contribution in [0.3, 0.4) is 0 Å². The second-order valence-corrected chi connectivity index (χ2v) is 4.38. The smallest absolute Gasteiger partial charge is 0.0847 e. The number of hydrogen-bond donors (Lipinski definition) is 2. The maximum Gasteiger partial charge on any atom is 0.0847 e. The van der Waals surface area contributed by atoms with Gasteiger partial charge in [0.1, 0.15) is 0 Å². The fourth-order valence-corrected chi connectivity index (χ4v) is 2.24. The van der Waals surface area contributed by atoms with Gasteiger partial charge in [0.2, 0.25) is 0 Å². The molecule has 1 aromatic heterocycles. The zero-order valence-electron chi connectivity index (χ0n) is 9.24. The number of aromatic nitrogens is 2. The van der Waals surface area contributed by atoms with Crippen molar-refractivity contribution in [2.24, 2.45) is 0 Å². The van der Waals surface area contributed by atoms with Crippen molar-refractivity contribution in [3.05, 3.63) is 17.5 Å². The number of piperidine rings is 1. The number of rotatable bonds is 3. The van der Waals surface area contributed by atoms with E-state index in [0.717, 1.165) is 17.8 Å². The van der Waals surface area contributed by atoms with Crippen molar-refractivity contribution in [1.82, 2.24) is 15.1 Å². The predicted molar refractivity (Wildman–Crippen MR) is 58.5 cm³/mol. The van der Waals surface area contributed by atoms with Crippen LogP contribution in [0.1, 0.15) is 30.7 Å². The minimum atomic E-state index is 0.0491. The highest BCUT2D eigenvalue weighted by molar-refractivity contribution is 5.09. The lowest BCUT2D eigenvalue weighted by atomic mass is 9.99. The van der Waals surface area contributed by atoms with Crippen molar-refractivity contribution in [2.45, 2.75) is 38.3 Å². The molecule has 0 spiro atoms. The molecule has 1 saturated heterocycles. The van der Waals surface area contributed by atoms with Crippen LogP contribution in [0.4, 0.5) is 0 Å². The summed E-state index contributed by atoms with van der Waals surface area (Å²) in [5.74, 6) is 0. The molecule has 15 heavy (non-hydrogen) atoms. The largest absolute Gasteiger partial charge is 0.390 e. The summed E-state index contributed by atoms with van der Waals surface area (Å²) >= 11 is 0. The number of nitrogens with zero attached hydrogens (tertiary/aromatic N) is 2. The first kappa shape index (κ1) is 10.6. The van der Waals surface area contributed by atoms with E-state index in [1.54, 1.807) is 0 Å². The van der Waals surface area contributed by atoms with Crippen LogP contribution in [0, 0.1) is 0 Å². The Morgan fingerprint density at radius 2 is 2.47 bits per heavy atom. The number of aliphatic hydroxyl groups excluding tert-OH is 1. The summed E-state index contributed by atoms with van der Waals surface area (Å²) in [6.45, 7) is 1.25. The molecule has 0 aliphatic carbocycles. The van der Waals surface area contributed by atoms with Crippen LogP contribution in [0.15, 0.2) is 6.07 Å². The molecule has 0 aromatic carbocycles. The molecule has 2 rings (SSSR count). The third-order valence-corrected chi connectivity index (χ3v) is 3.22. The van der Waals surface area contributed by atoms with Crippen LogP contribution in [-0.4, -0.2) is 39.8 Å². The van der Waals surface area contributed by atoms with Gasteiger partial charge >= 0.3 is 0 Å². The number of likely N-dealkylation sites (N-methyl/N-ethyl adjacent to an activating group) is 1. The van der Waals surface area contributed by atoms with Gasteiger partial charge in [-0.25, -0.2) is 0 Å². The van der Waals surface area contributed by atoms with Crippen LogP contribution >= 0.6 is 0 Å². The van der Waals surface area contributed by atoms with Crippen LogP contribution in [-0.2, 0) is 13.0 Å². The molecule has 1 aromatic rings. The van der Waals surface area contributed by atoms with Gasteiger partial charge in [0.05, 0.1) is 18.0 Å². The molecule has 4 nitrogen and oxygen atoms in total. The molecule has 2 N–H and O–H groups in total. The van der Waals surface area contributed by atoms with Gasteiger partial charge in [-0.1, -0.05) is 6.42 Å². The second-order valence-electron chi connectivity index (χ2n) is 4.38. The number of aliphatic hydroxyl groups is 1. The Hall–Kier alpha value is -0.870. The number of aromatic amines is 1. The molecule has 4 heteroatoms. The highest BCUT2D eigenvalue weighted by Gasteiger charge is 2.19. The Bertz CT molecular complexity index is 311. The minimum absolute atomic E-state index is 0.0491. The fraction of sp³-hybridized carbons (Fsp3) is 0.727. The number of hydrogen-bond acceptors (Lipinski definition) is 3. The molecule has 1 atom stereocenters. The molecule has 0 saturated carbocycles. The average Bonchev–Trinajstić information content (AvgIpc) is 2.69. The van der Waals surface area contributed by atoms with E-state index in [-0.39, 0.29) is 6.61 Å². The van der Waals surface area contributed by atoms with E-state index in [0.29, 0.717) is 6.04 Å². The van der Waals surface area contributed by atoms with Crippen LogP contribution in [0.2, 0.25) is 0 Å². The molecular formula is C11H19N3O. The number of nitrogens with one attached hydrogen (secondary N) is 1. The standard InChI is InChI=1S/C11H19N3O/c1-14-5-3-2-4-11(14)7-9-6-10(8-15)13-12-9/h6,11,15H,2-5,7-8H2,1H3,(H,12,13). The van der Waals surface area contributed by atoms with E-state index in [2.05, 4.69) is 22.1 Å². The third-order valence-electron chi connectivity index (χ3n) is 3.22. The first-order valence-electron chi connectivity index (χ1n) is 5.64. The topological polar surface area (TPSA) is 52.1 Å². The quantitative estimate of drug-likeness (QED) is 0.778. The molecule has 0 bridgehead atoms. The van der Waals surface area contributed by atoms with E-state index < -0.39 is 0 Å². The molecule has 0 amide bonds. The zero-order chi connectivity index (χ0) is 10.7. The molecule has 1 unspecified atom stereocenters. The Labute approximate surface area is 90.3 Å². The van der Waals surface area contributed by atoms with E-state index in [4.69, 9.17) is 5.11 Å². The number of H-pyrrole nitrogens is 1. The molecule has 2 heterocycles. The van der Waals surface area contributed by atoms with E-state index >= 15 is 0 Å². The normalized spacial score (nSPS) is 23.2. The highest BCUT2D eigenvalue weighted by atomic mass is 16.3. The average molecular weight is 209 g/mol. The maximum absolute atomic E-state index is 8.93. The molecule has 0 radical (unpaired) electrons. The first-order valence-corrected chi connectivity index (χ1v) is 5.64. The Kier molecular flexibility index (Phi) is 3.38. The van der Waals surface area contributed by atoms with Crippen LogP contribution in [0.25, 0.3) is 0 Å². The van der Waals surface area contributed by atoms with Gasteiger partial charge in [-0.15, -0.1) is 0 Å². The summed E-state index contributed by atoms with van der Waals surface area (Å²) in [6.07, 6.45) is 4.90. The lowest BCUT2D eigenvalue weighted by molar-refractivity contribution is 0.183. The van der Waals surface area contributed by atoms with Crippen LogP contribution in [0.5, 0.6) is 0 Å². The maximum atomic E-state index is 8.93. The van der Waals surface area contributed by atoms with Crippen molar-refractivity contribution in [2.75, 3.05) is 13.6 Å². The molecule has 1 fully saturated rings. The van der Waals surface area contributed by atoms with Crippen molar-refractivity contribution in [3.63, 3.8) is 0 Å². The predicted octanol–water partition coefficient (Wildman–Crippen LogP) is 0.929. The van der Waals surface area contributed by atoms with Gasteiger partial charge in [-0.2, -0.15) is 5.10 Å². The summed E-state index contributed by atoms with van der Waals surface area (Å²) in [4.78, 5) is 2.41. The van der Waals surface area contributed by atoms with Gasteiger partial charge in [0, 0.05) is 12.5 Å². The van der Waals surface area contributed by atoms with E-state index in [9.17, 15) is 0 Å². The lowest BCUT2D eigenvalue weighted by Crippen LogP contribution is -2.37. The van der Waals surface area contributed by atoms with Crippen molar-refractivity contribution in [3.8, 4) is 0 Å². The van der Waals surface area contributed by atoms with Gasteiger partial charge in [0.25, 0.3) is 0 Å². The van der Waals surface area contributed by atoms with Crippen LogP contribution < -0.4 is 0 Å². The molecular weight excluding hydrogens is 190 g/mol. The summed E-state index contributed by atoms with van der Waals surface area (Å²) < 4.78 is 0. The Morgan fingerprint density at radius 1 is 1.60 bits per heavy atom. The molecule has 84 valence electrons. The van der Waals surface area contributed by atoms with Gasteiger partial charge < -0.3 is 10.0 Å². The van der Waals surface area contributed by atoms with Gasteiger partial charge in [-0.3, -0.25) is 5.10 Å². The van der Waals surface area contributed by atoms with Crippen molar-refractivity contribution in [1.29, 1.82) is 0 Å². The van der Waals surface area contributed by atoms with Gasteiger partial charge in [-0.05, 0) is 32.5 Å².